The topological polar surface area (TPSA) is 60.2 Å². The van der Waals surface area contributed by atoms with Gasteiger partial charge in [-0.05, 0) is 25.3 Å². The van der Waals surface area contributed by atoms with E-state index in [0.29, 0.717) is 12.5 Å². The second-order valence-corrected chi connectivity index (χ2v) is 5.44. The molecule has 0 aromatic carbocycles. The van der Waals surface area contributed by atoms with Gasteiger partial charge in [0, 0.05) is 6.54 Å². The smallest absolute Gasteiger partial charge is 0.319 e. The maximum absolute atomic E-state index is 11.4. The monoisotopic (exact) mass is 266 g/mol. The van der Waals surface area contributed by atoms with E-state index < -0.39 is 0 Å². The zero-order valence-corrected chi connectivity index (χ0v) is 11.9. The van der Waals surface area contributed by atoms with Gasteiger partial charge in [-0.15, -0.1) is 10.2 Å². The fourth-order valence-corrected chi connectivity index (χ4v) is 2.59. The lowest BCUT2D eigenvalue weighted by Crippen LogP contribution is -2.31. The van der Waals surface area contributed by atoms with Crippen molar-refractivity contribution in [2.45, 2.75) is 39.3 Å². The molecule has 1 aliphatic rings. The van der Waals surface area contributed by atoms with E-state index in [4.69, 9.17) is 4.74 Å². The van der Waals surface area contributed by atoms with Crippen molar-refractivity contribution >= 4 is 5.97 Å². The fraction of sp³-hybridized carbons (Fsp3) is 0.769. The number of rotatable bonds is 5. The zero-order chi connectivity index (χ0) is 13.8. The maximum atomic E-state index is 11.4. The summed E-state index contributed by atoms with van der Waals surface area (Å²) in [5, 5.41) is 8.28. The van der Waals surface area contributed by atoms with E-state index in [1.807, 2.05) is 0 Å². The lowest BCUT2D eigenvalue weighted by atomic mass is 10.2. The van der Waals surface area contributed by atoms with Crippen LogP contribution in [0.2, 0.25) is 0 Å². The minimum absolute atomic E-state index is 0.181. The predicted molar refractivity (Wildman–Crippen MR) is 70.4 cm³/mol. The zero-order valence-electron chi connectivity index (χ0n) is 11.9. The molecule has 0 aliphatic carbocycles. The second-order valence-electron chi connectivity index (χ2n) is 5.44. The summed E-state index contributed by atoms with van der Waals surface area (Å²) >= 11 is 0. The minimum Gasteiger partial charge on any atom is -0.468 e. The standard InChI is InChI=1S/C13H22N4O2/c1-10(2)7-17-9-14-15-13(17)11-5-4-6-16(11)8-12(18)19-3/h9-11H,4-8H2,1-3H3. The molecule has 0 amide bonds. The molecule has 1 fully saturated rings. The molecule has 0 bridgehead atoms. The molecule has 0 saturated carbocycles. The molecule has 19 heavy (non-hydrogen) atoms. The third-order valence-electron chi connectivity index (χ3n) is 3.43. The van der Waals surface area contributed by atoms with Gasteiger partial charge in [0.2, 0.25) is 0 Å². The molecule has 6 heteroatoms. The summed E-state index contributed by atoms with van der Waals surface area (Å²) < 4.78 is 6.85. The first kappa shape index (κ1) is 14.0. The highest BCUT2D eigenvalue weighted by molar-refractivity contribution is 5.71. The van der Waals surface area contributed by atoms with Gasteiger partial charge < -0.3 is 9.30 Å². The van der Waals surface area contributed by atoms with E-state index >= 15 is 0 Å². The van der Waals surface area contributed by atoms with Crippen molar-refractivity contribution in [1.29, 1.82) is 0 Å². The molecule has 0 radical (unpaired) electrons. The van der Waals surface area contributed by atoms with E-state index in [-0.39, 0.29) is 12.0 Å². The van der Waals surface area contributed by atoms with E-state index in [9.17, 15) is 4.79 Å². The Bertz CT molecular complexity index is 430. The molecule has 1 atom stereocenters. The molecule has 0 spiro atoms. The van der Waals surface area contributed by atoms with Crippen LogP contribution < -0.4 is 0 Å². The first-order chi connectivity index (χ1) is 9.11. The number of aromatic nitrogens is 3. The largest absolute Gasteiger partial charge is 0.468 e. The number of esters is 1. The number of likely N-dealkylation sites (tertiary alicyclic amines) is 1. The van der Waals surface area contributed by atoms with Gasteiger partial charge in [-0.1, -0.05) is 13.8 Å². The Morgan fingerprint density at radius 3 is 3.05 bits per heavy atom. The number of methoxy groups -OCH3 is 1. The van der Waals surface area contributed by atoms with Crippen LogP contribution in [-0.4, -0.2) is 45.8 Å². The molecule has 6 nitrogen and oxygen atoms in total. The van der Waals surface area contributed by atoms with Crippen LogP contribution in [0.4, 0.5) is 0 Å². The quantitative estimate of drug-likeness (QED) is 0.751. The molecule has 106 valence electrons. The summed E-state index contributed by atoms with van der Waals surface area (Å²) in [6, 6.07) is 0.181. The molecule has 2 heterocycles. The highest BCUT2D eigenvalue weighted by atomic mass is 16.5. The summed E-state index contributed by atoms with van der Waals surface area (Å²) in [5.74, 6) is 1.32. The van der Waals surface area contributed by atoms with Crippen molar-refractivity contribution in [2.24, 2.45) is 5.92 Å². The van der Waals surface area contributed by atoms with Gasteiger partial charge in [0.25, 0.3) is 0 Å². The second kappa shape index (κ2) is 6.14. The van der Waals surface area contributed by atoms with Crippen molar-refractivity contribution in [1.82, 2.24) is 19.7 Å². The van der Waals surface area contributed by atoms with E-state index in [2.05, 4.69) is 33.5 Å². The van der Waals surface area contributed by atoms with Crippen molar-refractivity contribution in [3.63, 3.8) is 0 Å². The number of nitrogens with zero attached hydrogens (tertiary/aromatic N) is 4. The van der Waals surface area contributed by atoms with Crippen LogP contribution in [0.25, 0.3) is 0 Å². The molecular weight excluding hydrogens is 244 g/mol. The lowest BCUT2D eigenvalue weighted by molar-refractivity contribution is -0.142. The molecule has 1 aromatic heterocycles. The van der Waals surface area contributed by atoms with Crippen LogP contribution in [0.3, 0.4) is 0 Å². The van der Waals surface area contributed by atoms with Crippen molar-refractivity contribution in [2.75, 3.05) is 20.2 Å². The third-order valence-corrected chi connectivity index (χ3v) is 3.43. The van der Waals surface area contributed by atoms with Gasteiger partial charge in [0.15, 0.2) is 0 Å². The van der Waals surface area contributed by atoms with Crippen LogP contribution >= 0.6 is 0 Å². The van der Waals surface area contributed by atoms with Crippen molar-refractivity contribution < 1.29 is 9.53 Å². The average molecular weight is 266 g/mol. The summed E-state index contributed by atoms with van der Waals surface area (Å²) in [4.78, 5) is 13.6. The van der Waals surface area contributed by atoms with E-state index in [1.165, 1.54) is 7.11 Å². The highest BCUT2D eigenvalue weighted by Crippen LogP contribution is 2.30. The molecular formula is C13H22N4O2. The minimum atomic E-state index is -0.193. The summed E-state index contributed by atoms with van der Waals surface area (Å²) in [6.07, 6.45) is 3.88. The maximum Gasteiger partial charge on any atom is 0.319 e. The Kier molecular flexibility index (Phi) is 4.52. The predicted octanol–water partition coefficient (Wildman–Crippen LogP) is 1.24. The molecule has 2 rings (SSSR count). The number of ether oxygens (including phenoxy) is 1. The molecule has 1 saturated heterocycles. The SMILES string of the molecule is COC(=O)CN1CCCC1c1nncn1CC(C)C. The third kappa shape index (κ3) is 3.32. The van der Waals surface area contributed by atoms with Crippen LogP contribution in [0.1, 0.15) is 38.6 Å². The highest BCUT2D eigenvalue weighted by Gasteiger charge is 2.31. The summed E-state index contributed by atoms with van der Waals surface area (Å²) in [6.45, 7) is 6.49. The van der Waals surface area contributed by atoms with Gasteiger partial charge >= 0.3 is 5.97 Å². The van der Waals surface area contributed by atoms with Crippen molar-refractivity contribution in [3.05, 3.63) is 12.2 Å². The summed E-state index contributed by atoms with van der Waals surface area (Å²) in [7, 11) is 1.43. The van der Waals surface area contributed by atoms with Crippen LogP contribution in [0, 0.1) is 5.92 Å². The first-order valence-corrected chi connectivity index (χ1v) is 6.80. The lowest BCUT2D eigenvalue weighted by Gasteiger charge is -2.23. The van der Waals surface area contributed by atoms with Gasteiger partial charge in [-0.25, -0.2) is 0 Å². The normalized spacial score (nSPS) is 20.1. The average Bonchev–Trinajstić information content (AvgIpc) is 2.97. The van der Waals surface area contributed by atoms with E-state index in [0.717, 1.165) is 31.8 Å². The Balaban J connectivity index is 2.11. The van der Waals surface area contributed by atoms with Crippen LogP contribution in [0.5, 0.6) is 0 Å². The molecule has 1 aliphatic heterocycles. The first-order valence-electron chi connectivity index (χ1n) is 6.80. The van der Waals surface area contributed by atoms with Crippen LogP contribution in [-0.2, 0) is 16.1 Å². The Hall–Kier alpha value is -1.43. The Morgan fingerprint density at radius 1 is 1.58 bits per heavy atom. The van der Waals surface area contributed by atoms with Gasteiger partial charge in [-0.2, -0.15) is 0 Å². The van der Waals surface area contributed by atoms with Crippen LogP contribution in [0.15, 0.2) is 6.33 Å². The number of carbonyl (C=O) groups is 1. The van der Waals surface area contributed by atoms with E-state index in [1.54, 1.807) is 6.33 Å². The molecule has 1 aromatic rings. The van der Waals surface area contributed by atoms with Crippen molar-refractivity contribution in [3.8, 4) is 0 Å². The van der Waals surface area contributed by atoms with Gasteiger partial charge in [0.1, 0.15) is 12.2 Å². The Labute approximate surface area is 113 Å². The molecule has 0 N–H and O–H groups in total. The van der Waals surface area contributed by atoms with Gasteiger partial charge in [0.05, 0.1) is 19.7 Å². The number of hydrogen-bond donors (Lipinski definition) is 0. The Morgan fingerprint density at radius 2 is 2.37 bits per heavy atom. The number of hydrogen-bond acceptors (Lipinski definition) is 5. The summed E-state index contributed by atoms with van der Waals surface area (Å²) in [5.41, 5.74) is 0. The van der Waals surface area contributed by atoms with Gasteiger partial charge in [-0.3, -0.25) is 9.69 Å². The molecule has 1 unspecified atom stereocenters. The number of carbonyl (C=O) groups excluding carboxylic acids is 1. The fourth-order valence-electron chi connectivity index (χ4n) is 2.59.